The van der Waals surface area contributed by atoms with Crippen LogP contribution in [0.1, 0.15) is 11.5 Å². The molecule has 0 bridgehead atoms. The van der Waals surface area contributed by atoms with Crippen LogP contribution in [0.3, 0.4) is 0 Å². The number of rotatable bonds is 8. The van der Waals surface area contributed by atoms with Crippen LogP contribution in [0.2, 0.25) is 0 Å². The van der Waals surface area contributed by atoms with E-state index in [0.717, 1.165) is 0 Å². The Morgan fingerprint density at radius 2 is 1.87 bits per heavy atom. The van der Waals surface area contributed by atoms with Crippen molar-refractivity contribution in [3.05, 3.63) is 59.7 Å². The Labute approximate surface area is 171 Å². The first kappa shape index (κ1) is 20.8. The number of benzene rings is 2. The highest BCUT2D eigenvalue weighted by molar-refractivity contribution is 5.87. The topological polar surface area (TPSA) is 92.9 Å². The van der Waals surface area contributed by atoms with E-state index in [0.29, 0.717) is 22.6 Å². The smallest absolute Gasteiger partial charge is 0.331 e. The predicted molar refractivity (Wildman–Crippen MR) is 105 cm³/mol. The van der Waals surface area contributed by atoms with Crippen molar-refractivity contribution >= 4 is 12.0 Å². The molecule has 30 heavy (non-hydrogen) atoms. The minimum atomic E-state index is -0.645. The highest BCUT2D eigenvalue weighted by Crippen LogP contribution is 2.31. The van der Waals surface area contributed by atoms with E-state index < -0.39 is 11.8 Å². The van der Waals surface area contributed by atoms with Gasteiger partial charge in [-0.1, -0.05) is 11.2 Å². The normalized spacial score (nSPS) is 10.8. The monoisotopic (exact) mass is 414 g/mol. The molecule has 0 aliphatic heterocycles. The maximum atomic E-state index is 13.7. The number of nitrogens with zero attached hydrogens (tertiary/aromatic N) is 2. The molecule has 0 aliphatic rings. The number of methoxy groups -OCH3 is 3. The van der Waals surface area contributed by atoms with Crippen LogP contribution in [0.15, 0.2) is 47.0 Å². The van der Waals surface area contributed by atoms with Crippen molar-refractivity contribution in [2.45, 2.75) is 6.61 Å². The largest absolute Gasteiger partial charge is 0.497 e. The van der Waals surface area contributed by atoms with Crippen molar-refractivity contribution in [2.75, 3.05) is 21.3 Å². The van der Waals surface area contributed by atoms with Gasteiger partial charge in [0.05, 0.1) is 26.9 Å². The third-order valence-electron chi connectivity index (χ3n) is 4.04. The molecule has 0 amide bonds. The van der Waals surface area contributed by atoms with E-state index in [-0.39, 0.29) is 24.1 Å². The summed E-state index contributed by atoms with van der Waals surface area (Å²) in [4.78, 5) is 16.1. The molecule has 2 aromatic carbocycles. The molecule has 1 aromatic heterocycles. The molecule has 0 fully saturated rings. The second-order valence-corrected chi connectivity index (χ2v) is 5.91. The molecule has 0 spiro atoms. The summed E-state index contributed by atoms with van der Waals surface area (Å²) in [7, 11) is 4.44. The molecule has 8 nitrogen and oxygen atoms in total. The van der Waals surface area contributed by atoms with Crippen LogP contribution in [0.5, 0.6) is 17.2 Å². The van der Waals surface area contributed by atoms with Gasteiger partial charge >= 0.3 is 5.97 Å². The van der Waals surface area contributed by atoms with Crippen molar-refractivity contribution in [3.63, 3.8) is 0 Å². The third kappa shape index (κ3) is 4.93. The molecule has 156 valence electrons. The molecule has 3 rings (SSSR count). The van der Waals surface area contributed by atoms with Crippen LogP contribution in [0.4, 0.5) is 4.39 Å². The number of hydrogen-bond donors (Lipinski definition) is 0. The van der Waals surface area contributed by atoms with Crippen molar-refractivity contribution in [1.82, 2.24) is 10.1 Å². The van der Waals surface area contributed by atoms with Gasteiger partial charge in [-0.05, 0) is 35.9 Å². The van der Waals surface area contributed by atoms with Gasteiger partial charge in [0.15, 0.2) is 18.2 Å². The summed E-state index contributed by atoms with van der Waals surface area (Å²) >= 11 is 0. The summed E-state index contributed by atoms with van der Waals surface area (Å²) in [6, 6.07) is 9.48. The van der Waals surface area contributed by atoms with Crippen LogP contribution < -0.4 is 14.2 Å². The minimum absolute atomic E-state index is 0.111. The number of aromatic nitrogens is 2. The van der Waals surface area contributed by atoms with Gasteiger partial charge in [-0.15, -0.1) is 0 Å². The van der Waals surface area contributed by atoms with E-state index in [9.17, 15) is 9.18 Å². The summed E-state index contributed by atoms with van der Waals surface area (Å²) in [6.45, 7) is -0.217. The zero-order valence-electron chi connectivity index (χ0n) is 16.5. The van der Waals surface area contributed by atoms with Gasteiger partial charge in [-0.2, -0.15) is 4.98 Å². The highest BCUT2D eigenvalue weighted by Gasteiger charge is 2.15. The molecule has 9 heteroatoms. The van der Waals surface area contributed by atoms with E-state index in [4.69, 9.17) is 23.5 Å². The SMILES string of the molecule is COc1ccc(-c2noc(COC(=O)/C=C/c3ccc(OC)c(F)c3)n2)c(OC)c1. The Morgan fingerprint density at radius 3 is 2.57 bits per heavy atom. The predicted octanol–water partition coefficient (Wildman–Crippen LogP) is 3.66. The zero-order valence-corrected chi connectivity index (χ0v) is 16.5. The van der Waals surface area contributed by atoms with Crippen molar-refractivity contribution < 1.29 is 32.7 Å². The zero-order chi connectivity index (χ0) is 21.5. The van der Waals surface area contributed by atoms with E-state index in [2.05, 4.69) is 10.1 Å². The van der Waals surface area contributed by atoms with Gasteiger partial charge in [0.25, 0.3) is 5.89 Å². The minimum Gasteiger partial charge on any atom is -0.497 e. The molecule has 3 aromatic rings. The van der Waals surface area contributed by atoms with Crippen LogP contribution in [0.25, 0.3) is 17.5 Å². The lowest BCUT2D eigenvalue weighted by atomic mass is 10.2. The number of ether oxygens (including phenoxy) is 4. The first-order valence-corrected chi connectivity index (χ1v) is 8.77. The Kier molecular flexibility index (Phi) is 6.63. The van der Waals surface area contributed by atoms with Gasteiger partial charge in [-0.25, -0.2) is 9.18 Å². The summed E-state index contributed by atoms with van der Waals surface area (Å²) in [5.74, 6) is 0.471. The summed E-state index contributed by atoms with van der Waals surface area (Å²) in [5.41, 5.74) is 1.08. The number of hydrogen-bond acceptors (Lipinski definition) is 8. The molecule has 0 saturated carbocycles. The first-order valence-electron chi connectivity index (χ1n) is 8.77. The molecule has 1 heterocycles. The summed E-state index contributed by atoms with van der Waals surface area (Å²) in [6.07, 6.45) is 2.59. The lowest BCUT2D eigenvalue weighted by molar-refractivity contribution is -0.139. The lowest BCUT2D eigenvalue weighted by Gasteiger charge is -2.07. The lowest BCUT2D eigenvalue weighted by Crippen LogP contribution is -2.01. The number of carbonyl (C=O) groups excluding carboxylic acids is 1. The first-order chi connectivity index (χ1) is 14.5. The maximum Gasteiger partial charge on any atom is 0.331 e. The third-order valence-corrected chi connectivity index (χ3v) is 4.04. The molecule has 0 unspecified atom stereocenters. The van der Waals surface area contributed by atoms with E-state index in [1.807, 2.05) is 0 Å². The van der Waals surface area contributed by atoms with Crippen molar-refractivity contribution in [3.8, 4) is 28.6 Å². The average Bonchev–Trinajstić information content (AvgIpc) is 3.24. The molecular weight excluding hydrogens is 395 g/mol. The van der Waals surface area contributed by atoms with E-state index >= 15 is 0 Å². The van der Waals surface area contributed by atoms with Crippen molar-refractivity contribution in [2.24, 2.45) is 0 Å². The van der Waals surface area contributed by atoms with Crippen LogP contribution in [-0.2, 0) is 16.1 Å². The number of halogens is 1. The molecule has 0 radical (unpaired) electrons. The Balaban J connectivity index is 1.61. The maximum absolute atomic E-state index is 13.7. The molecule has 0 saturated heterocycles. The molecule has 0 atom stereocenters. The van der Waals surface area contributed by atoms with Gasteiger partial charge in [0, 0.05) is 12.1 Å². The Morgan fingerprint density at radius 1 is 1.07 bits per heavy atom. The number of esters is 1. The van der Waals surface area contributed by atoms with Crippen molar-refractivity contribution in [1.29, 1.82) is 0 Å². The second-order valence-electron chi connectivity index (χ2n) is 5.91. The Hall–Kier alpha value is -3.88. The standard InChI is InChI=1S/C21H19FN2O6/c1-26-14-6-7-15(18(11-14)28-3)21-23-19(30-24-21)12-29-20(25)9-5-13-4-8-17(27-2)16(22)10-13/h4-11H,12H2,1-3H3/b9-5+. The summed E-state index contributed by atoms with van der Waals surface area (Å²) in [5, 5.41) is 3.88. The quantitative estimate of drug-likeness (QED) is 0.407. The highest BCUT2D eigenvalue weighted by atomic mass is 19.1. The second kappa shape index (κ2) is 9.55. The number of carbonyl (C=O) groups is 1. The van der Waals surface area contributed by atoms with Gasteiger partial charge < -0.3 is 23.5 Å². The fraction of sp³-hybridized carbons (Fsp3) is 0.190. The Bertz CT molecular complexity index is 1060. The van der Waals surface area contributed by atoms with Crippen LogP contribution >= 0.6 is 0 Å². The molecule has 0 N–H and O–H groups in total. The van der Waals surface area contributed by atoms with Gasteiger partial charge in [-0.3, -0.25) is 0 Å². The average molecular weight is 414 g/mol. The van der Waals surface area contributed by atoms with Gasteiger partial charge in [0.1, 0.15) is 11.5 Å². The fourth-order valence-corrected chi connectivity index (χ4v) is 2.54. The van der Waals surface area contributed by atoms with E-state index in [1.54, 1.807) is 31.4 Å². The van der Waals surface area contributed by atoms with Crippen LogP contribution in [0, 0.1) is 5.82 Å². The van der Waals surface area contributed by atoms with Crippen LogP contribution in [-0.4, -0.2) is 37.4 Å². The molecular formula is C21H19FN2O6. The van der Waals surface area contributed by atoms with E-state index in [1.165, 1.54) is 38.5 Å². The fourth-order valence-electron chi connectivity index (χ4n) is 2.54. The summed E-state index contributed by atoms with van der Waals surface area (Å²) < 4.78 is 39.2. The molecule has 0 aliphatic carbocycles. The van der Waals surface area contributed by atoms with Gasteiger partial charge in [0.2, 0.25) is 5.82 Å².